The Bertz CT molecular complexity index is 1310. The van der Waals surface area contributed by atoms with Crippen molar-refractivity contribution < 1.29 is 29.3 Å². The lowest BCUT2D eigenvalue weighted by molar-refractivity contribution is 0.111. The van der Waals surface area contributed by atoms with E-state index in [1.165, 1.54) is 115 Å². The van der Waals surface area contributed by atoms with Crippen molar-refractivity contribution in [3.8, 4) is 45.3 Å². The van der Waals surface area contributed by atoms with Gasteiger partial charge in [-0.1, -0.05) is 142 Å². The van der Waals surface area contributed by atoms with Crippen LogP contribution in [0.5, 0.6) is 23.0 Å². The van der Waals surface area contributed by atoms with E-state index < -0.39 is 0 Å². The molecular formula is C44H62O6. The summed E-state index contributed by atoms with van der Waals surface area (Å²) in [5, 5.41) is 20.4. The summed E-state index contributed by atoms with van der Waals surface area (Å²) in [5.41, 5.74) is 3.39. The Hall–Kier alpha value is -3.80. The maximum Gasteiger partial charge on any atom is 0.153 e. The average Bonchev–Trinajstić information content (AvgIpc) is 3.13. The van der Waals surface area contributed by atoms with Crippen LogP contribution in [0.4, 0.5) is 0 Å². The molecule has 0 unspecified atom stereocenters. The number of rotatable bonds is 28. The quantitative estimate of drug-likeness (QED) is 0.0583. The number of hydrogen-bond donors (Lipinski definition) is 2. The van der Waals surface area contributed by atoms with Crippen molar-refractivity contribution in [2.45, 2.75) is 142 Å². The van der Waals surface area contributed by atoms with Crippen molar-refractivity contribution in [2.75, 3.05) is 13.2 Å². The molecule has 0 bridgehead atoms. The van der Waals surface area contributed by atoms with E-state index in [0.717, 1.165) is 47.9 Å². The minimum absolute atomic E-state index is 0.0730. The van der Waals surface area contributed by atoms with Crippen LogP contribution < -0.4 is 9.47 Å². The first-order chi connectivity index (χ1) is 24.5. The van der Waals surface area contributed by atoms with Crippen LogP contribution in [0.25, 0.3) is 22.3 Å². The number of carbonyl (C=O) groups excluding carboxylic acids is 2. The van der Waals surface area contributed by atoms with Gasteiger partial charge >= 0.3 is 0 Å². The molecule has 0 fully saturated rings. The summed E-state index contributed by atoms with van der Waals surface area (Å²) in [5.74, 6) is 1.11. The van der Waals surface area contributed by atoms with Crippen LogP contribution in [0.2, 0.25) is 0 Å². The van der Waals surface area contributed by atoms with Crippen LogP contribution in [-0.2, 0) is 0 Å². The van der Waals surface area contributed by atoms with Crippen LogP contribution in [0.1, 0.15) is 163 Å². The summed E-state index contributed by atoms with van der Waals surface area (Å²) < 4.78 is 12.9. The zero-order valence-electron chi connectivity index (χ0n) is 30.9. The van der Waals surface area contributed by atoms with Gasteiger partial charge in [-0.05, 0) is 60.4 Å². The van der Waals surface area contributed by atoms with Crippen LogP contribution in [0.15, 0.2) is 48.5 Å². The van der Waals surface area contributed by atoms with Gasteiger partial charge in [0.2, 0.25) is 0 Å². The molecule has 6 heteroatoms. The number of phenolic OH excluding ortho intramolecular Hbond substituents is 2. The predicted octanol–water partition coefficient (Wildman–Crippen LogP) is 12.7. The van der Waals surface area contributed by atoms with Gasteiger partial charge in [0.15, 0.2) is 12.6 Å². The molecule has 0 aliphatic rings. The summed E-state index contributed by atoms with van der Waals surface area (Å²) in [6.45, 7) is 5.57. The van der Waals surface area contributed by atoms with Gasteiger partial charge in [-0.15, -0.1) is 0 Å². The zero-order chi connectivity index (χ0) is 35.8. The highest BCUT2D eigenvalue weighted by Crippen LogP contribution is 2.42. The predicted molar refractivity (Wildman–Crippen MR) is 206 cm³/mol. The van der Waals surface area contributed by atoms with Crippen molar-refractivity contribution in [2.24, 2.45) is 0 Å². The first-order valence-electron chi connectivity index (χ1n) is 19.5. The highest BCUT2D eigenvalue weighted by atomic mass is 16.5. The molecule has 0 amide bonds. The Morgan fingerprint density at radius 3 is 1.10 bits per heavy atom. The number of carbonyl (C=O) groups is 2. The first kappa shape index (κ1) is 40.6. The molecule has 50 heavy (non-hydrogen) atoms. The van der Waals surface area contributed by atoms with Crippen LogP contribution in [0, 0.1) is 0 Å². The lowest BCUT2D eigenvalue weighted by Gasteiger charge is -2.19. The Balaban J connectivity index is 1.77. The number of unbranched alkanes of at least 4 members (excludes halogenated alkanes) is 18. The summed E-state index contributed by atoms with van der Waals surface area (Å²) in [6, 6.07) is 13.8. The highest BCUT2D eigenvalue weighted by Gasteiger charge is 2.18. The van der Waals surface area contributed by atoms with Crippen molar-refractivity contribution in [1.29, 1.82) is 0 Å². The molecule has 6 nitrogen and oxygen atoms in total. The average molecular weight is 687 g/mol. The van der Waals surface area contributed by atoms with E-state index in [1.54, 1.807) is 24.3 Å². The lowest BCUT2D eigenvalue weighted by Crippen LogP contribution is -2.03. The molecule has 3 aromatic rings. The minimum atomic E-state index is -0.0730. The van der Waals surface area contributed by atoms with E-state index in [0.29, 0.717) is 37.3 Å². The highest BCUT2D eigenvalue weighted by molar-refractivity contribution is 5.88. The molecule has 0 atom stereocenters. The Morgan fingerprint density at radius 1 is 0.460 bits per heavy atom. The fraction of sp³-hybridized carbons (Fsp3) is 0.545. The van der Waals surface area contributed by atoms with E-state index in [2.05, 4.69) is 13.8 Å². The van der Waals surface area contributed by atoms with E-state index >= 15 is 0 Å². The minimum Gasteiger partial charge on any atom is -0.507 e. The summed E-state index contributed by atoms with van der Waals surface area (Å²) in [4.78, 5) is 23.5. The normalized spacial score (nSPS) is 11.1. The van der Waals surface area contributed by atoms with Gasteiger partial charge in [0, 0.05) is 11.1 Å². The summed E-state index contributed by atoms with van der Waals surface area (Å²) in [7, 11) is 0. The van der Waals surface area contributed by atoms with E-state index in [1.807, 2.05) is 12.1 Å². The fourth-order valence-electron chi connectivity index (χ4n) is 6.43. The van der Waals surface area contributed by atoms with Crippen molar-refractivity contribution >= 4 is 12.6 Å². The zero-order valence-corrected chi connectivity index (χ0v) is 30.9. The second-order valence-electron chi connectivity index (χ2n) is 13.7. The van der Waals surface area contributed by atoms with Gasteiger partial charge in [0.05, 0.1) is 24.3 Å². The summed E-state index contributed by atoms with van der Waals surface area (Å²) >= 11 is 0. The number of hydrogen-bond acceptors (Lipinski definition) is 6. The monoisotopic (exact) mass is 686 g/mol. The van der Waals surface area contributed by atoms with Gasteiger partial charge in [-0.25, -0.2) is 0 Å². The lowest BCUT2D eigenvalue weighted by atomic mass is 9.95. The molecule has 0 saturated carbocycles. The third kappa shape index (κ3) is 14.2. The summed E-state index contributed by atoms with van der Waals surface area (Å²) in [6.07, 6.45) is 25.9. The smallest absolute Gasteiger partial charge is 0.153 e. The van der Waals surface area contributed by atoms with Gasteiger partial charge in [0.1, 0.15) is 23.0 Å². The standard InChI is InChI=1S/C44H62O6/c1-3-5-7-9-11-13-15-17-19-21-27-49-43-31-40(36-24-26-42(48)38(30-36)34-46)44(32-39(43)35-23-25-41(47)37(29-35)33-45)50-28-22-20-18-16-14-12-10-8-6-4-2/h23-26,29-34,47-48H,3-22,27-28H2,1-2H3. The Morgan fingerprint density at radius 2 is 0.780 bits per heavy atom. The van der Waals surface area contributed by atoms with E-state index in [4.69, 9.17) is 9.47 Å². The van der Waals surface area contributed by atoms with E-state index in [-0.39, 0.29) is 22.6 Å². The molecule has 0 aliphatic carbocycles. The SMILES string of the molecule is CCCCCCCCCCCCOc1cc(-c2ccc(O)c(C=O)c2)c(OCCCCCCCCCCCC)cc1-c1ccc(O)c(C=O)c1. The van der Waals surface area contributed by atoms with Gasteiger partial charge < -0.3 is 19.7 Å². The molecule has 0 spiro atoms. The molecular weight excluding hydrogens is 624 g/mol. The molecule has 3 rings (SSSR count). The number of aromatic hydroxyl groups is 2. The van der Waals surface area contributed by atoms with Gasteiger partial charge in [0.25, 0.3) is 0 Å². The molecule has 2 N–H and O–H groups in total. The second-order valence-corrected chi connectivity index (χ2v) is 13.7. The molecule has 0 aliphatic heterocycles. The molecule has 0 saturated heterocycles. The number of aldehydes is 2. The third-order valence-electron chi connectivity index (χ3n) is 9.52. The van der Waals surface area contributed by atoms with Crippen molar-refractivity contribution in [3.63, 3.8) is 0 Å². The van der Waals surface area contributed by atoms with Crippen LogP contribution in [-0.4, -0.2) is 36.0 Å². The number of benzene rings is 3. The topological polar surface area (TPSA) is 93.1 Å². The van der Waals surface area contributed by atoms with Crippen LogP contribution >= 0.6 is 0 Å². The first-order valence-corrected chi connectivity index (χ1v) is 19.5. The molecule has 0 heterocycles. The van der Waals surface area contributed by atoms with Gasteiger partial charge in [-0.3, -0.25) is 9.59 Å². The van der Waals surface area contributed by atoms with Crippen molar-refractivity contribution in [1.82, 2.24) is 0 Å². The second kappa shape index (κ2) is 24.4. The Kier molecular flexibility index (Phi) is 19.8. The largest absolute Gasteiger partial charge is 0.507 e. The van der Waals surface area contributed by atoms with Crippen LogP contribution in [0.3, 0.4) is 0 Å². The molecule has 0 aromatic heterocycles. The van der Waals surface area contributed by atoms with Crippen molar-refractivity contribution in [3.05, 3.63) is 59.7 Å². The molecule has 274 valence electrons. The number of ether oxygens (including phenoxy) is 2. The maximum absolute atomic E-state index is 11.7. The van der Waals surface area contributed by atoms with Gasteiger partial charge in [-0.2, -0.15) is 0 Å². The molecule has 0 radical (unpaired) electrons. The molecule has 3 aromatic carbocycles. The fourth-order valence-corrected chi connectivity index (χ4v) is 6.43. The number of phenols is 2. The maximum atomic E-state index is 11.7. The van der Waals surface area contributed by atoms with E-state index in [9.17, 15) is 19.8 Å². The Labute approximate surface area is 301 Å². The third-order valence-corrected chi connectivity index (χ3v) is 9.52.